The Balaban J connectivity index is 2.75. The van der Waals surface area contributed by atoms with E-state index in [-0.39, 0.29) is 5.71 Å². The van der Waals surface area contributed by atoms with E-state index in [0.717, 1.165) is 12.8 Å². The van der Waals surface area contributed by atoms with Gasteiger partial charge in [-0.05, 0) is 38.8 Å². The summed E-state index contributed by atoms with van der Waals surface area (Å²) in [7, 11) is 0. The van der Waals surface area contributed by atoms with Crippen LogP contribution in [-0.4, -0.2) is 17.5 Å². The van der Waals surface area contributed by atoms with Gasteiger partial charge in [0.2, 0.25) is 11.8 Å². The van der Waals surface area contributed by atoms with Gasteiger partial charge < -0.3 is 16.0 Å². The molecule has 2 amide bonds. The largest absolute Gasteiger partial charge is 0.329 e. The molecular weight excluding hydrogens is 290 g/mol. The summed E-state index contributed by atoms with van der Waals surface area (Å²) in [5.41, 5.74) is 1.25. The normalized spacial score (nSPS) is 12.2. The highest BCUT2D eigenvalue weighted by Crippen LogP contribution is 2.10. The van der Waals surface area contributed by atoms with Crippen LogP contribution in [0.25, 0.3) is 0 Å². The summed E-state index contributed by atoms with van der Waals surface area (Å²) in [4.78, 5) is 24.6. The number of para-hydroxylation sites is 1. The van der Waals surface area contributed by atoms with Crippen molar-refractivity contribution in [3.05, 3.63) is 54.8 Å². The Hall–Kier alpha value is -2.69. The van der Waals surface area contributed by atoms with Crippen LogP contribution in [-0.2, 0) is 9.59 Å². The maximum atomic E-state index is 12.3. The van der Waals surface area contributed by atoms with Gasteiger partial charge in [-0.1, -0.05) is 30.4 Å². The first-order chi connectivity index (χ1) is 11.0. The Kier molecular flexibility index (Phi) is 7.47. The molecular formula is C18H23N3O2. The van der Waals surface area contributed by atoms with E-state index in [2.05, 4.69) is 17.2 Å². The van der Waals surface area contributed by atoms with Crippen molar-refractivity contribution < 1.29 is 9.59 Å². The second-order valence-corrected chi connectivity index (χ2v) is 5.21. The number of carbonyl (C=O) groups excluding carboxylic acids is 2. The number of amides is 2. The molecule has 1 rings (SSSR count). The van der Waals surface area contributed by atoms with Gasteiger partial charge >= 0.3 is 0 Å². The van der Waals surface area contributed by atoms with E-state index in [4.69, 9.17) is 5.41 Å². The predicted octanol–water partition coefficient (Wildman–Crippen LogP) is 3.27. The van der Waals surface area contributed by atoms with E-state index in [0.29, 0.717) is 11.4 Å². The lowest BCUT2D eigenvalue weighted by Crippen LogP contribution is -2.41. The molecule has 3 N–H and O–H groups in total. The van der Waals surface area contributed by atoms with Crippen molar-refractivity contribution in [1.82, 2.24) is 5.32 Å². The first-order valence-corrected chi connectivity index (χ1v) is 7.45. The number of rotatable bonds is 8. The van der Waals surface area contributed by atoms with Gasteiger partial charge in [0, 0.05) is 17.1 Å². The summed E-state index contributed by atoms with van der Waals surface area (Å²) < 4.78 is 0. The fraction of sp³-hybridized carbons (Fsp3) is 0.278. The topological polar surface area (TPSA) is 82.1 Å². The molecule has 0 aliphatic carbocycles. The molecule has 1 aromatic rings. The summed E-state index contributed by atoms with van der Waals surface area (Å²) in [5, 5.41) is 13.1. The van der Waals surface area contributed by atoms with Gasteiger partial charge in [0.25, 0.3) is 0 Å². The molecule has 122 valence electrons. The molecule has 0 radical (unpaired) electrons. The van der Waals surface area contributed by atoms with Crippen molar-refractivity contribution in [2.75, 3.05) is 5.32 Å². The number of benzene rings is 1. The van der Waals surface area contributed by atoms with E-state index in [1.54, 1.807) is 37.3 Å². The predicted molar refractivity (Wildman–Crippen MR) is 93.3 cm³/mol. The fourth-order valence-corrected chi connectivity index (χ4v) is 1.98. The van der Waals surface area contributed by atoms with Gasteiger partial charge in [0.05, 0.1) is 0 Å². The van der Waals surface area contributed by atoms with Crippen LogP contribution in [0.3, 0.4) is 0 Å². The Morgan fingerprint density at radius 1 is 1.17 bits per heavy atom. The van der Waals surface area contributed by atoms with Crippen molar-refractivity contribution in [2.45, 2.75) is 26.7 Å². The zero-order valence-electron chi connectivity index (χ0n) is 13.6. The molecule has 1 atom stereocenters. The summed E-state index contributed by atoms with van der Waals surface area (Å²) in [5.74, 6) is -2.17. The lowest BCUT2D eigenvalue weighted by Gasteiger charge is -2.16. The molecule has 5 heteroatoms. The number of unbranched alkanes of at least 4 members (excludes halogenated alkanes) is 1. The van der Waals surface area contributed by atoms with Crippen LogP contribution < -0.4 is 10.6 Å². The highest BCUT2D eigenvalue weighted by molar-refractivity contribution is 6.21. The van der Waals surface area contributed by atoms with E-state index in [1.807, 2.05) is 12.1 Å². The van der Waals surface area contributed by atoms with Crippen LogP contribution in [0, 0.1) is 11.3 Å². The SMILES string of the molecule is C=CCC/C=C(\C)NC(=O)C(C(C)=N)C(=O)Nc1ccccc1. The number of hydrogen-bond acceptors (Lipinski definition) is 3. The third-order valence-electron chi connectivity index (χ3n) is 3.14. The zero-order valence-corrected chi connectivity index (χ0v) is 13.6. The summed E-state index contributed by atoms with van der Waals surface area (Å²) >= 11 is 0. The summed E-state index contributed by atoms with van der Waals surface area (Å²) in [6, 6.07) is 8.86. The van der Waals surface area contributed by atoms with Gasteiger partial charge in [-0.25, -0.2) is 0 Å². The zero-order chi connectivity index (χ0) is 17.2. The van der Waals surface area contributed by atoms with Gasteiger partial charge in [-0.3, -0.25) is 9.59 Å². The monoisotopic (exact) mass is 313 g/mol. The van der Waals surface area contributed by atoms with E-state index >= 15 is 0 Å². The van der Waals surface area contributed by atoms with Crippen molar-refractivity contribution in [3.8, 4) is 0 Å². The Labute approximate surface area is 137 Å². The molecule has 0 aromatic heterocycles. The lowest BCUT2D eigenvalue weighted by atomic mass is 10.0. The van der Waals surface area contributed by atoms with Crippen LogP contribution in [0.4, 0.5) is 5.69 Å². The highest BCUT2D eigenvalue weighted by atomic mass is 16.2. The Bertz CT molecular complexity index is 606. The van der Waals surface area contributed by atoms with E-state index in [1.165, 1.54) is 6.92 Å². The van der Waals surface area contributed by atoms with Gasteiger partial charge in [-0.15, -0.1) is 6.58 Å². The summed E-state index contributed by atoms with van der Waals surface area (Å²) in [6.45, 7) is 6.84. The third kappa shape index (κ3) is 6.30. The second kappa shape index (κ2) is 9.35. The highest BCUT2D eigenvalue weighted by Gasteiger charge is 2.28. The molecule has 23 heavy (non-hydrogen) atoms. The van der Waals surface area contributed by atoms with Crippen molar-refractivity contribution in [3.63, 3.8) is 0 Å². The van der Waals surface area contributed by atoms with Gasteiger partial charge in [0.15, 0.2) is 5.92 Å². The Morgan fingerprint density at radius 2 is 1.83 bits per heavy atom. The first kappa shape index (κ1) is 18.4. The molecule has 0 saturated carbocycles. The fourth-order valence-electron chi connectivity index (χ4n) is 1.98. The second-order valence-electron chi connectivity index (χ2n) is 5.21. The van der Waals surface area contributed by atoms with Crippen LogP contribution in [0.5, 0.6) is 0 Å². The number of anilines is 1. The molecule has 5 nitrogen and oxygen atoms in total. The molecule has 0 saturated heterocycles. The minimum absolute atomic E-state index is 0.00479. The average molecular weight is 313 g/mol. The van der Waals surface area contributed by atoms with Crippen LogP contribution in [0.1, 0.15) is 26.7 Å². The molecule has 0 aliphatic heterocycles. The van der Waals surface area contributed by atoms with Crippen LogP contribution in [0.15, 0.2) is 54.8 Å². The van der Waals surface area contributed by atoms with E-state index in [9.17, 15) is 9.59 Å². The quantitative estimate of drug-likeness (QED) is 0.298. The number of carbonyl (C=O) groups is 2. The number of allylic oxidation sites excluding steroid dienone is 3. The minimum Gasteiger partial charge on any atom is -0.329 e. The van der Waals surface area contributed by atoms with E-state index < -0.39 is 17.7 Å². The molecule has 0 aliphatic rings. The summed E-state index contributed by atoms with van der Waals surface area (Å²) in [6.07, 6.45) is 5.24. The molecule has 0 fully saturated rings. The molecule has 1 unspecified atom stereocenters. The maximum absolute atomic E-state index is 12.3. The van der Waals surface area contributed by atoms with Crippen LogP contribution >= 0.6 is 0 Å². The Morgan fingerprint density at radius 3 is 2.39 bits per heavy atom. The number of hydrogen-bond donors (Lipinski definition) is 3. The maximum Gasteiger partial charge on any atom is 0.242 e. The number of nitrogens with one attached hydrogen (secondary N) is 3. The molecule has 0 spiro atoms. The van der Waals surface area contributed by atoms with Gasteiger partial charge in [-0.2, -0.15) is 0 Å². The molecule has 0 heterocycles. The smallest absolute Gasteiger partial charge is 0.242 e. The molecule has 1 aromatic carbocycles. The van der Waals surface area contributed by atoms with Crippen molar-refractivity contribution >= 4 is 23.2 Å². The molecule has 0 bridgehead atoms. The lowest BCUT2D eigenvalue weighted by molar-refractivity contribution is -0.129. The van der Waals surface area contributed by atoms with Crippen molar-refractivity contribution in [2.24, 2.45) is 5.92 Å². The standard InChI is InChI=1S/C18H23N3O2/c1-4-5-7-10-13(2)20-17(22)16(14(3)19)18(23)21-15-11-8-6-9-12-15/h4,6,8-12,16,19H,1,5,7H2,2-3H3,(H,20,22)(H,21,23)/b13-10+,19-14?. The minimum atomic E-state index is -1.15. The third-order valence-corrected chi connectivity index (χ3v) is 3.14. The van der Waals surface area contributed by atoms with Gasteiger partial charge in [0.1, 0.15) is 0 Å². The first-order valence-electron chi connectivity index (χ1n) is 7.45. The van der Waals surface area contributed by atoms with Crippen LogP contribution in [0.2, 0.25) is 0 Å². The average Bonchev–Trinajstić information content (AvgIpc) is 2.48. The van der Waals surface area contributed by atoms with Crippen molar-refractivity contribution in [1.29, 1.82) is 5.41 Å².